The highest BCUT2D eigenvalue weighted by Gasteiger charge is 2.34. The molecule has 1 fully saturated rings. The first kappa shape index (κ1) is 20.7. The number of hydrogen-bond acceptors (Lipinski definition) is 7. The minimum absolute atomic E-state index is 0.142. The van der Waals surface area contributed by atoms with E-state index in [9.17, 15) is 18.0 Å². The predicted octanol–water partition coefficient (Wildman–Crippen LogP) is 2.54. The zero-order chi connectivity index (χ0) is 22.0. The summed E-state index contributed by atoms with van der Waals surface area (Å²) in [6.45, 7) is 1.46. The Kier molecular flexibility index (Phi) is 5.53. The maximum Gasteiger partial charge on any atom is 0.434 e. The Labute approximate surface area is 175 Å². The molecule has 2 atom stereocenters. The van der Waals surface area contributed by atoms with Crippen molar-refractivity contribution in [3.05, 3.63) is 54.0 Å². The summed E-state index contributed by atoms with van der Waals surface area (Å²) in [5, 5.41) is 14.2. The van der Waals surface area contributed by atoms with E-state index in [-0.39, 0.29) is 35.2 Å². The van der Waals surface area contributed by atoms with Crippen molar-refractivity contribution in [2.75, 3.05) is 5.32 Å². The third-order valence-corrected chi connectivity index (χ3v) is 5.03. The van der Waals surface area contributed by atoms with Gasteiger partial charge in [0, 0.05) is 18.3 Å². The summed E-state index contributed by atoms with van der Waals surface area (Å²) < 4.78 is 38.5. The Morgan fingerprint density at radius 2 is 1.87 bits per heavy atom. The van der Waals surface area contributed by atoms with Gasteiger partial charge in [-0.2, -0.15) is 23.4 Å². The second-order valence-corrected chi connectivity index (χ2v) is 7.14. The maximum absolute atomic E-state index is 12.9. The Morgan fingerprint density at radius 3 is 2.58 bits per heavy atom. The van der Waals surface area contributed by atoms with Crippen LogP contribution in [-0.2, 0) is 6.18 Å². The van der Waals surface area contributed by atoms with Crippen LogP contribution in [0.25, 0.3) is 5.69 Å². The molecular formula is C19H19F3N8O. The summed E-state index contributed by atoms with van der Waals surface area (Å²) in [5.74, 6) is -0.125. The number of hydrogen-bond donors (Lipinski definition) is 2. The molecule has 1 unspecified atom stereocenters. The van der Waals surface area contributed by atoms with Gasteiger partial charge < -0.3 is 10.6 Å². The molecule has 3 aromatic rings. The first-order chi connectivity index (χ1) is 14.8. The number of rotatable bonds is 5. The molecule has 0 aliphatic heterocycles. The highest BCUT2D eigenvalue weighted by Crippen LogP contribution is 2.29. The van der Waals surface area contributed by atoms with Gasteiger partial charge >= 0.3 is 6.18 Å². The van der Waals surface area contributed by atoms with Crippen LogP contribution >= 0.6 is 0 Å². The van der Waals surface area contributed by atoms with E-state index in [1.807, 2.05) is 0 Å². The number of nitrogens with one attached hydrogen (secondary N) is 2. The highest BCUT2D eigenvalue weighted by atomic mass is 19.4. The average molecular weight is 432 g/mol. The van der Waals surface area contributed by atoms with E-state index in [0.29, 0.717) is 18.3 Å². The number of aromatic nitrogens is 6. The van der Waals surface area contributed by atoms with E-state index in [1.54, 1.807) is 12.1 Å². The normalized spacial score (nSPS) is 18.7. The molecule has 0 radical (unpaired) electrons. The van der Waals surface area contributed by atoms with Gasteiger partial charge in [-0.05, 0) is 38.3 Å². The van der Waals surface area contributed by atoms with Crippen LogP contribution in [0, 0.1) is 6.92 Å². The molecule has 0 spiro atoms. The molecule has 1 aliphatic carbocycles. The molecular weight excluding hydrogens is 413 g/mol. The van der Waals surface area contributed by atoms with Crippen LogP contribution in [-0.4, -0.2) is 47.9 Å². The molecule has 1 amide bonds. The summed E-state index contributed by atoms with van der Waals surface area (Å²) >= 11 is 0. The molecule has 1 saturated carbocycles. The highest BCUT2D eigenvalue weighted by molar-refractivity contribution is 5.95. The molecule has 162 valence electrons. The van der Waals surface area contributed by atoms with Crippen molar-refractivity contribution in [3.63, 3.8) is 0 Å². The van der Waals surface area contributed by atoms with Gasteiger partial charge in [0.1, 0.15) is 11.5 Å². The molecule has 9 nitrogen and oxygen atoms in total. The monoisotopic (exact) mass is 432 g/mol. The van der Waals surface area contributed by atoms with E-state index < -0.39 is 11.9 Å². The average Bonchev–Trinajstić information content (AvgIpc) is 3.41. The fourth-order valence-electron chi connectivity index (χ4n) is 3.55. The van der Waals surface area contributed by atoms with Crippen LogP contribution in [0.5, 0.6) is 0 Å². The van der Waals surface area contributed by atoms with E-state index in [2.05, 4.69) is 35.8 Å². The molecule has 0 bridgehead atoms. The van der Waals surface area contributed by atoms with Crippen molar-refractivity contribution in [2.45, 2.75) is 44.4 Å². The number of carbonyl (C=O) groups excluding carboxylic acids is 1. The number of aryl methyl sites for hydroxylation is 1. The second kappa shape index (κ2) is 8.28. The minimum atomic E-state index is -4.55. The molecule has 1 aliphatic rings. The van der Waals surface area contributed by atoms with Gasteiger partial charge in [0.05, 0.1) is 24.3 Å². The quantitative estimate of drug-likeness (QED) is 0.637. The number of amides is 1. The molecule has 0 saturated heterocycles. The van der Waals surface area contributed by atoms with Crippen LogP contribution in [0.2, 0.25) is 0 Å². The molecule has 4 rings (SSSR count). The number of nitrogens with zero attached hydrogens (tertiary/aromatic N) is 6. The van der Waals surface area contributed by atoms with Gasteiger partial charge in [-0.3, -0.25) is 4.79 Å². The van der Waals surface area contributed by atoms with Crippen LogP contribution < -0.4 is 10.6 Å². The first-order valence-corrected chi connectivity index (χ1v) is 9.63. The molecule has 2 N–H and O–H groups in total. The topological polar surface area (TPSA) is 111 Å². The molecule has 0 aromatic carbocycles. The summed E-state index contributed by atoms with van der Waals surface area (Å²) in [4.78, 5) is 25.9. The zero-order valence-electron chi connectivity index (χ0n) is 16.5. The van der Waals surface area contributed by atoms with Crippen molar-refractivity contribution >= 4 is 11.7 Å². The standard InChI is InChI=1S/C19H19F3N8O/c1-11-17(24-10-15(27-11)19(20,21)22)28-12-4-2-5-13(12)29-18(31)16-14(6-3-7-23-16)30-25-8-9-26-30/h3,6-10,12-13H,2,4-5H2,1H3,(H,24,28)(H,29,31)/t12-,13?/m0/s1. The molecule has 31 heavy (non-hydrogen) atoms. The Bertz CT molecular complexity index is 1070. The van der Waals surface area contributed by atoms with Crippen LogP contribution in [0.15, 0.2) is 36.9 Å². The van der Waals surface area contributed by atoms with Crippen molar-refractivity contribution < 1.29 is 18.0 Å². The van der Waals surface area contributed by atoms with Gasteiger partial charge in [-0.15, -0.1) is 4.80 Å². The Hall–Kier alpha value is -3.57. The van der Waals surface area contributed by atoms with Crippen molar-refractivity contribution in [2.24, 2.45) is 0 Å². The van der Waals surface area contributed by atoms with Crippen LogP contribution in [0.4, 0.5) is 19.0 Å². The van der Waals surface area contributed by atoms with E-state index >= 15 is 0 Å². The number of carbonyl (C=O) groups is 1. The Balaban J connectivity index is 1.49. The van der Waals surface area contributed by atoms with Gasteiger partial charge in [0.25, 0.3) is 5.91 Å². The summed E-state index contributed by atoms with van der Waals surface area (Å²) in [7, 11) is 0. The van der Waals surface area contributed by atoms with Gasteiger partial charge in [0.2, 0.25) is 0 Å². The van der Waals surface area contributed by atoms with Gasteiger partial charge in [-0.25, -0.2) is 15.0 Å². The van der Waals surface area contributed by atoms with Crippen molar-refractivity contribution in [3.8, 4) is 5.69 Å². The molecule has 3 heterocycles. The zero-order valence-corrected chi connectivity index (χ0v) is 16.5. The van der Waals surface area contributed by atoms with E-state index in [4.69, 9.17) is 0 Å². The Morgan fingerprint density at radius 1 is 1.13 bits per heavy atom. The second-order valence-electron chi connectivity index (χ2n) is 7.14. The van der Waals surface area contributed by atoms with Crippen LogP contribution in [0.1, 0.15) is 41.1 Å². The third-order valence-electron chi connectivity index (χ3n) is 5.03. The van der Waals surface area contributed by atoms with Gasteiger partial charge in [-0.1, -0.05) is 0 Å². The fourth-order valence-corrected chi connectivity index (χ4v) is 3.55. The summed E-state index contributed by atoms with van der Waals surface area (Å²) in [5.41, 5.74) is -0.280. The number of anilines is 1. The molecule has 12 heteroatoms. The smallest absolute Gasteiger partial charge is 0.364 e. The largest absolute Gasteiger partial charge is 0.434 e. The lowest BCUT2D eigenvalue weighted by molar-refractivity contribution is -0.141. The molecule has 3 aromatic heterocycles. The lowest BCUT2D eigenvalue weighted by Gasteiger charge is -2.23. The van der Waals surface area contributed by atoms with Crippen molar-refractivity contribution in [1.82, 2.24) is 35.3 Å². The fraction of sp³-hybridized carbons (Fsp3) is 0.368. The van der Waals surface area contributed by atoms with E-state index in [0.717, 1.165) is 12.8 Å². The predicted molar refractivity (Wildman–Crippen MR) is 103 cm³/mol. The lowest BCUT2D eigenvalue weighted by Crippen LogP contribution is -2.44. The minimum Gasteiger partial charge on any atom is -0.364 e. The maximum atomic E-state index is 12.9. The first-order valence-electron chi connectivity index (χ1n) is 9.63. The SMILES string of the molecule is Cc1nc(C(F)(F)F)cnc1N[C@H]1CCCC1NC(=O)c1ncccc1-n1nccn1. The number of pyridine rings is 1. The summed E-state index contributed by atoms with van der Waals surface area (Å²) in [6, 6.07) is 2.91. The summed E-state index contributed by atoms with van der Waals surface area (Å²) in [6.07, 6.45) is 2.93. The number of alkyl halides is 3. The van der Waals surface area contributed by atoms with Crippen LogP contribution in [0.3, 0.4) is 0 Å². The van der Waals surface area contributed by atoms with E-state index in [1.165, 1.54) is 30.3 Å². The number of halogens is 3. The third kappa shape index (κ3) is 4.47. The van der Waals surface area contributed by atoms with Gasteiger partial charge in [0.15, 0.2) is 11.4 Å². The van der Waals surface area contributed by atoms with Crippen molar-refractivity contribution in [1.29, 1.82) is 0 Å². The lowest BCUT2D eigenvalue weighted by atomic mass is 10.1.